The van der Waals surface area contributed by atoms with Gasteiger partial charge in [0.2, 0.25) is 5.82 Å². The van der Waals surface area contributed by atoms with Crippen LogP contribution in [0.3, 0.4) is 0 Å². The number of carbonyl (C=O) groups excluding carboxylic acids is 1. The number of hydrogen-bond donors (Lipinski definition) is 2. The summed E-state index contributed by atoms with van der Waals surface area (Å²) in [6.45, 7) is 0. The van der Waals surface area contributed by atoms with Crippen LogP contribution in [-0.4, -0.2) is 15.9 Å². The van der Waals surface area contributed by atoms with Crippen LogP contribution in [0.2, 0.25) is 0 Å². The molecule has 0 fully saturated rings. The largest absolute Gasteiger partial charge is 1.00 e. The van der Waals surface area contributed by atoms with Crippen molar-refractivity contribution in [3.8, 4) is 0 Å². The van der Waals surface area contributed by atoms with Crippen LogP contribution in [-0.2, 0) is 0 Å². The summed E-state index contributed by atoms with van der Waals surface area (Å²) in [5.41, 5.74) is -3.64. The zero-order valence-electron chi connectivity index (χ0n) is 6.51. The van der Waals surface area contributed by atoms with Gasteiger partial charge in [-0.05, 0) is 0 Å². The maximum absolute atomic E-state index is 12.5. The first kappa shape index (κ1) is 12.1. The average molecular weight is 196 g/mol. The van der Waals surface area contributed by atoms with Crippen molar-refractivity contribution >= 4 is 5.97 Å². The van der Waals surface area contributed by atoms with Crippen molar-refractivity contribution < 1.29 is 43.8 Å². The molecule has 0 saturated carbocycles. The molecule has 0 amide bonds. The van der Waals surface area contributed by atoms with Crippen LogP contribution in [0.5, 0.6) is 0 Å². The second-order valence-electron chi connectivity index (χ2n) is 1.88. The molecular formula is C5H2FN2NaO4. The van der Waals surface area contributed by atoms with E-state index in [4.69, 9.17) is 0 Å². The van der Waals surface area contributed by atoms with Crippen molar-refractivity contribution in [1.29, 1.82) is 0 Å². The molecule has 0 unspecified atom stereocenters. The number of H-pyrrole nitrogens is 2. The molecule has 0 atom stereocenters. The molecule has 2 N–H and O–H groups in total. The molecule has 0 aromatic carbocycles. The Hall–Kier alpha value is -0.920. The summed E-state index contributed by atoms with van der Waals surface area (Å²) in [5, 5.41) is 10.1. The number of carbonyl (C=O) groups is 1. The van der Waals surface area contributed by atoms with Crippen LogP contribution in [0.25, 0.3) is 0 Å². The quantitative estimate of drug-likeness (QED) is 0.437. The van der Waals surface area contributed by atoms with Gasteiger partial charge in [-0.25, -0.2) is 4.79 Å². The smallest absolute Gasteiger partial charge is 0.543 e. The van der Waals surface area contributed by atoms with Crippen molar-refractivity contribution in [2.24, 2.45) is 0 Å². The standard InChI is InChI=1S/C5H3FN2O4.Na/c6-1-2(4(10)11)7-5(12)8-3(1)9;/h(H,10,11)(H2,7,8,9,12);/q;+1/p-1. The first-order valence-electron chi connectivity index (χ1n) is 2.76. The molecule has 0 bridgehead atoms. The zero-order chi connectivity index (χ0) is 9.30. The summed E-state index contributed by atoms with van der Waals surface area (Å²) < 4.78 is 12.5. The number of halogens is 1. The molecule has 1 aromatic heterocycles. The van der Waals surface area contributed by atoms with Gasteiger partial charge >= 0.3 is 35.2 Å². The van der Waals surface area contributed by atoms with E-state index in [0.717, 1.165) is 0 Å². The maximum Gasteiger partial charge on any atom is 1.00 e. The van der Waals surface area contributed by atoms with Crippen molar-refractivity contribution in [3.63, 3.8) is 0 Å². The monoisotopic (exact) mass is 196 g/mol. The van der Waals surface area contributed by atoms with Gasteiger partial charge in [-0.2, -0.15) is 4.39 Å². The number of nitrogens with one attached hydrogen (secondary N) is 2. The Morgan fingerprint density at radius 1 is 1.31 bits per heavy atom. The van der Waals surface area contributed by atoms with E-state index in [0.29, 0.717) is 0 Å². The van der Waals surface area contributed by atoms with E-state index in [1.54, 1.807) is 4.98 Å². The summed E-state index contributed by atoms with van der Waals surface area (Å²) in [7, 11) is 0. The van der Waals surface area contributed by atoms with Crippen LogP contribution in [0.15, 0.2) is 9.59 Å². The minimum Gasteiger partial charge on any atom is -0.543 e. The molecule has 0 saturated heterocycles. The predicted octanol–water partition coefficient (Wildman–Crippen LogP) is -5.43. The fourth-order valence-corrected chi connectivity index (χ4v) is 0.612. The molecule has 0 radical (unpaired) electrons. The summed E-state index contributed by atoms with van der Waals surface area (Å²) in [6.07, 6.45) is 0. The molecule has 8 heteroatoms. The maximum atomic E-state index is 12.5. The number of carboxylic acid groups (broad SMARTS) is 1. The topological polar surface area (TPSA) is 106 Å². The summed E-state index contributed by atoms with van der Waals surface area (Å²) in [5.74, 6) is -3.52. The second-order valence-corrected chi connectivity index (χ2v) is 1.88. The van der Waals surface area contributed by atoms with Gasteiger partial charge in [-0.1, -0.05) is 0 Å². The minimum atomic E-state index is -1.95. The normalized spacial score (nSPS) is 9.00. The van der Waals surface area contributed by atoms with E-state index in [9.17, 15) is 23.9 Å². The first-order valence-corrected chi connectivity index (χ1v) is 2.76. The van der Waals surface area contributed by atoms with Crippen molar-refractivity contribution in [1.82, 2.24) is 9.97 Å². The van der Waals surface area contributed by atoms with E-state index >= 15 is 0 Å². The van der Waals surface area contributed by atoms with Crippen molar-refractivity contribution in [2.45, 2.75) is 0 Å². The van der Waals surface area contributed by atoms with Gasteiger partial charge in [0.15, 0.2) is 0 Å². The molecule has 6 nitrogen and oxygen atoms in total. The Kier molecular flexibility index (Phi) is 4.05. The zero-order valence-corrected chi connectivity index (χ0v) is 8.51. The van der Waals surface area contributed by atoms with E-state index in [2.05, 4.69) is 0 Å². The number of aromatic carboxylic acids is 1. The third-order valence-electron chi connectivity index (χ3n) is 1.09. The van der Waals surface area contributed by atoms with E-state index < -0.39 is 28.7 Å². The minimum absolute atomic E-state index is 0. The second kappa shape index (κ2) is 4.35. The van der Waals surface area contributed by atoms with Crippen LogP contribution in [0.4, 0.5) is 4.39 Å². The fourth-order valence-electron chi connectivity index (χ4n) is 0.612. The first-order chi connectivity index (χ1) is 5.52. The number of rotatable bonds is 1. The summed E-state index contributed by atoms with van der Waals surface area (Å²) >= 11 is 0. The van der Waals surface area contributed by atoms with Gasteiger partial charge in [-0.15, -0.1) is 0 Å². The van der Waals surface area contributed by atoms with Gasteiger partial charge < -0.3 is 14.9 Å². The van der Waals surface area contributed by atoms with Crippen LogP contribution in [0, 0.1) is 5.82 Å². The molecule has 0 aliphatic carbocycles. The number of carboxylic acids is 1. The molecule has 1 aromatic rings. The Morgan fingerprint density at radius 3 is 2.31 bits per heavy atom. The Balaban J connectivity index is 0.00000144. The molecular weight excluding hydrogens is 194 g/mol. The fraction of sp³-hybridized carbons (Fsp3) is 0. The average Bonchev–Trinajstić information content (AvgIpc) is 1.96. The SMILES string of the molecule is O=C([O-])c1[nH]c(=O)[nH]c(=O)c1F.[Na+]. The van der Waals surface area contributed by atoms with Gasteiger partial charge in [0.1, 0.15) is 5.69 Å². The van der Waals surface area contributed by atoms with Gasteiger partial charge in [0.05, 0.1) is 5.97 Å². The molecule has 0 aliphatic rings. The third-order valence-corrected chi connectivity index (χ3v) is 1.09. The van der Waals surface area contributed by atoms with E-state index in [1.165, 1.54) is 4.98 Å². The summed E-state index contributed by atoms with van der Waals surface area (Å²) in [4.78, 5) is 33.9. The molecule has 1 heterocycles. The molecule has 0 aliphatic heterocycles. The van der Waals surface area contributed by atoms with Crippen molar-refractivity contribution in [2.75, 3.05) is 0 Å². The van der Waals surface area contributed by atoms with Gasteiger partial charge in [0.25, 0.3) is 5.56 Å². The number of hydrogen-bond acceptors (Lipinski definition) is 4. The van der Waals surface area contributed by atoms with E-state index in [-0.39, 0.29) is 29.6 Å². The van der Waals surface area contributed by atoms with Crippen molar-refractivity contribution in [3.05, 3.63) is 32.3 Å². The Morgan fingerprint density at radius 2 is 1.85 bits per heavy atom. The number of aromatic amines is 2. The van der Waals surface area contributed by atoms with Crippen LogP contribution >= 0.6 is 0 Å². The summed E-state index contributed by atoms with van der Waals surface area (Å²) in [6, 6.07) is 0. The molecule has 0 spiro atoms. The molecule has 13 heavy (non-hydrogen) atoms. The van der Waals surface area contributed by atoms with Crippen LogP contribution < -0.4 is 45.9 Å². The third kappa shape index (κ3) is 2.51. The van der Waals surface area contributed by atoms with E-state index in [1.807, 2.05) is 0 Å². The van der Waals surface area contributed by atoms with Gasteiger partial charge in [0, 0.05) is 0 Å². The molecule has 64 valence electrons. The van der Waals surface area contributed by atoms with Gasteiger partial charge in [-0.3, -0.25) is 9.78 Å². The predicted molar refractivity (Wildman–Crippen MR) is 32.0 cm³/mol. The molecule has 1 rings (SSSR count). The van der Waals surface area contributed by atoms with Crippen LogP contribution in [0.1, 0.15) is 10.5 Å². The Bertz CT molecular complexity index is 437. The number of aromatic nitrogens is 2. The Labute approximate surface area is 92.1 Å².